The monoisotopic (exact) mass is 263 g/mol. The molecule has 0 aromatic carbocycles. The second-order valence-electron chi connectivity index (χ2n) is 4.08. The summed E-state index contributed by atoms with van der Waals surface area (Å²) < 4.78 is 10.3. The molecular formula is C13H13NO5. The van der Waals surface area contributed by atoms with E-state index in [1.165, 1.54) is 12.1 Å². The minimum Gasteiger partial charge on any atom is -0.475 e. The van der Waals surface area contributed by atoms with Crippen LogP contribution in [0, 0.1) is 13.8 Å². The van der Waals surface area contributed by atoms with Gasteiger partial charge < -0.3 is 19.3 Å². The van der Waals surface area contributed by atoms with Gasteiger partial charge in [-0.2, -0.15) is 0 Å². The van der Waals surface area contributed by atoms with E-state index in [2.05, 4.69) is 5.32 Å². The number of rotatable bonds is 4. The average molecular weight is 263 g/mol. The third-order valence-corrected chi connectivity index (χ3v) is 2.58. The van der Waals surface area contributed by atoms with Crippen LogP contribution in [-0.2, 0) is 6.54 Å². The second kappa shape index (κ2) is 5.01. The standard InChI is InChI=1S/C13H13NO5/c1-7-5-10(8(2)18-7)12(15)14-6-9-3-4-11(19-9)13(16)17/h3-5H,6H2,1-2H3,(H,14,15)(H,16,17). The predicted molar refractivity (Wildman–Crippen MR) is 65.0 cm³/mol. The Kier molecular flexibility index (Phi) is 3.41. The average Bonchev–Trinajstić information content (AvgIpc) is 2.93. The zero-order chi connectivity index (χ0) is 14.0. The van der Waals surface area contributed by atoms with E-state index in [1.54, 1.807) is 19.9 Å². The van der Waals surface area contributed by atoms with Crippen LogP contribution in [0.5, 0.6) is 0 Å². The molecule has 0 aliphatic rings. The molecule has 6 heteroatoms. The van der Waals surface area contributed by atoms with Gasteiger partial charge in [-0.1, -0.05) is 0 Å². The zero-order valence-corrected chi connectivity index (χ0v) is 10.5. The minimum atomic E-state index is -1.14. The first kappa shape index (κ1) is 12.9. The molecule has 19 heavy (non-hydrogen) atoms. The number of carbonyl (C=O) groups is 2. The summed E-state index contributed by atoms with van der Waals surface area (Å²) in [5, 5.41) is 11.3. The van der Waals surface area contributed by atoms with Crippen molar-refractivity contribution in [3.63, 3.8) is 0 Å². The molecule has 2 heterocycles. The maximum Gasteiger partial charge on any atom is 0.371 e. The first-order valence-electron chi connectivity index (χ1n) is 5.64. The van der Waals surface area contributed by atoms with Crippen molar-refractivity contribution in [2.24, 2.45) is 0 Å². The quantitative estimate of drug-likeness (QED) is 0.881. The Morgan fingerprint density at radius 1 is 1.26 bits per heavy atom. The fraction of sp³-hybridized carbons (Fsp3) is 0.231. The van der Waals surface area contributed by atoms with Gasteiger partial charge in [0.1, 0.15) is 17.3 Å². The zero-order valence-electron chi connectivity index (χ0n) is 10.5. The van der Waals surface area contributed by atoms with E-state index >= 15 is 0 Å². The van der Waals surface area contributed by atoms with Gasteiger partial charge in [-0.05, 0) is 32.0 Å². The first-order chi connectivity index (χ1) is 8.97. The topological polar surface area (TPSA) is 92.7 Å². The molecule has 0 spiro atoms. The summed E-state index contributed by atoms with van der Waals surface area (Å²) in [6, 6.07) is 4.50. The number of aromatic carboxylic acids is 1. The van der Waals surface area contributed by atoms with E-state index in [0.717, 1.165) is 0 Å². The number of carboxylic acids is 1. The van der Waals surface area contributed by atoms with Crippen molar-refractivity contribution in [1.82, 2.24) is 5.32 Å². The second-order valence-corrected chi connectivity index (χ2v) is 4.08. The summed E-state index contributed by atoms with van der Waals surface area (Å²) in [4.78, 5) is 22.5. The van der Waals surface area contributed by atoms with E-state index in [4.69, 9.17) is 13.9 Å². The lowest BCUT2D eigenvalue weighted by Crippen LogP contribution is -2.22. The molecule has 2 N–H and O–H groups in total. The molecule has 100 valence electrons. The van der Waals surface area contributed by atoms with Gasteiger partial charge in [0.05, 0.1) is 12.1 Å². The summed E-state index contributed by atoms with van der Waals surface area (Å²) in [6.45, 7) is 3.59. The van der Waals surface area contributed by atoms with Gasteiger partial charge in [0.2, 0.25) is 5.76 Å². The van der Waals surface area contributed by atoms with E-state index < -0.39 is 5.97 Å². The van der Waals surface area contributed by atoms with Crippen molar-refractivity contribution in [1.29, 1.82) is 0 Å². The highest BCUT2D eigenvalue weighted by Gasteiger charge is 2.14. The summed E-state index contributed by atoms with van der Waals surface area (Å²) in [6.07, 6.45) is 0. The third kappa shape index (κ3) is 2.85. The molecule has 2 aromatic rings. The lowest BCUT2D eigenvalue weighted by atomic mass is 10.2. The molecule has 0 radical (unpaired) electrons. The van der Waals surface area contributed by atoms with Gasteiger partial charge in [0.15, 0.2) is 0 Å². The first-order valence-corrected chi connectivity index (χ1v) is 5.64. The Labute approximate surface area is 109 Å². The Balaban J connectivity index is 2.00. The van der Waals surface area contributed by atoms with Crippen LogP contribution < -0.4 is 5.32 Å². The number of hydrogen-bond donors (Lipinski definition) is 2. The number of hydrogen-bond acceptors (Lipinski definition) is 4. The van der Waals surface area contributed by atoms with Crippen LogP contribution in [0.4, 0.5) is 0 Å². The summed E-state index contributed by atoms with van der Waals surface area (Å²) in [5.74, 6) is -0.000748. The fourth-order valence-electron chi connectivity index (χ4n) is 1.71. The summed E-state index contributed by atoms with van der Waals surface area (Å²) in [7, 11) is 0. The normalized spacial score (nSPS) is 10.4. The number of nitrogens with one attached hydrogen (secondary N) is 1. The predicted octanol–water partition coefficient (Wildman–Crippen LogP) is 2.12. The van der Waals surface area contributed by atoms with E-state index in [-0.39, 0.29) is 18.2 Å². The van der Waals surface area contributed by atoms with E-state index in [1.807, 2.05) is 0 Å². The van der Waals surface area contributed by atoms with Crippen LogP contribution in [0.2, 0.25) is 0 Å². The highest BCUT2D eigenvalue weighted by molar-refractivity contribution is 5.95. The molecule has 0 saturated carbocycles. The number of carbonyl (C=O) groups excluding carboxylic acids is 1. The number of aryl methyl sites for hydroxylation is 2. The van der Waals surface area contributed by atoms with Crippen molar-refractivity contribution in [2.45, 2.75) is 20.4 Å². The lowest BCUT2D eigenvalue weighted by molar-refractivity contribution is 0.0660. The van der Waals surface area contributed by atoms with Gasteiger partial charge in [-0.15, -0.1) is 0 Å². The molecular weight excluding hydrogens is 250 g/mol. The third-order valence-electron chi connectivity index (χ3n) is 2.58. The van der Waals surface area contributed by atoms with Crippen molar-refractivity contribution in [3.8, 4) is 0 Å². The number of carboxylic acid groups (broad SMARTS) is 1. The Bertz CT molecular complexity index is 623. The van der Waals surface area contributed by atoms with Gasteiger partial charge in [-0.25, -0.2) is 4.79 Å². The van der Waals surface area contributed by atoms with Gasteiger partial charge in [0, 0.05) is 0 Å². The molecule has 2 rings (SSSR count). The highest BCUT2D eigenvalue weighted by Crippen LogP contribution is 2.14. The molecule has 0 aliphatic heterocycles. The van der Waals surface area contributed by atoms with E-state index in [9.17, 15) is 9.59 Å². The Morgan fingerprint density at radius 2 is 2.00 bits per heavy atom. The van der Waals surface area contributed by atoms with Crippen LogP contribution in [0.3, 0.4) is 0 Å². The number of amides is 1. The Hall–Kier alpha value is -2.50. The molecule has 0 fully saturated rings. The molecule has 1 amide bonds. The maximum atomic E-state index is 11.9. The molecule has 2 aromatic heterocycles. The molecule has 0 atom stereocenters. The van der Waals surface area contributed by atoms with Crippen LogP contribution in [0.1, 0.15) is 38.2 Å². The van der Waals surface area contributed by atoms with Gasteiger partial charge in [0.25, 0.3) is 5.91 Å². The van der Waals surface area contributed by atoms with Crippen LogP contribution in [0.15, 0.2) is 27.0 Å². The smallest absolute Gasteiger partial charge is 0.371 e. The number of furan rings is 2. The van der Waals surface area contributed by atoms with Crippen LogP contribution in [0.25, 0.3) is 0 Å². The van der Waals surface area contributed by atoms with E-state index in [0.29, 0.717) is 22.8 Å². The summed E-state index contributed by atoms with van der Waals surface area (Å²) in [5.41, 5.74) is 0.461. The van der Waals surface area contributed by atoms with Gasteiger partial charge >= 0.3 is 5.97 Å². The molecule has 0 unspecified atom stereocenters. The molecule has 0 saturated heterocycles. The molecule has 0 bridgehead atoms. The molecule has 0 aliphatic carbocycles. The van der Waals surface area contributed by atoms with Crippen molar-refractivity contribution < 1.29 is 23.5 Å². The highest BCUT2D eigenvalue weighted by atomic mass is 16.4. The minimum absolute atomic E-state index is 0.121. The summed E-state index contributed by atoms with van der Waals surface area (Å²) >= 11 is 0. The Morgan fingerprint density at radius 3 is 2.53 bits per heavy atom. The van der Waals surface area contributed by atoms with Crippen molar-refractivity contribution in [3.05, 3.63) is 46.8 Å². The van der Waals surface area contributed by atoms with Crippen molar-refractivity contribution >= 4 is 11.9 Å². The maximum absolute atomic E-state index is 11.9. The fourth-order valence-corrected chi connectivity index (χ4v) is 1.71. The molecule has 6 nitrogen and oxygen atoms in total. The van der Waals surface area contributed by atoms with Crippen LogP contribution in [-0.4, -0.2) is 17.0 Å². The van der Waals surface area contributed by atoms with Gasteiger partial charge in [-0.3, -0.25) is 4.79 Å². The SMILES string of the molecule is Cc1cc(C(=O)NCc2ccc(C(=O)O)o2)c(C)o1. The van der Waals surface area contributed by atoms with Crippen molar-refractivity contribution in [2.75, 3.05) is 0 Å². The largest absolute Gasteiger partial charge is 0.475 e. The lowest BCUT2D eigenvalue weighted by Gasteiger charge is -2.01. The van der Waals surface area contributed by atoms with Crippen LogP contribution >= 0.6 is 0 Å².